The molecule has 0 aromatic heterocycles. The fraction of sp³-hybridized carbons (Fsp3) is 0.588. The number of amides is 1. The van der Waals surface area contributed by atoms with Gasteiger partial charge in [-0.1, -0.05) is 26.0 Å². The smallest absolute Gasteiger partial charge is 0.257 e. The van der Waals surface area contributed by atoms with Crippen LogP contribution in [0.2, 0.25) is 0 Å². The van der Waals surface area contributed by atoms with E-state index in [0.717, 1.165) is 23.3 Å². The van der Waals surface area contributed by atoms with E-state index in [-0.39, 0.29) is 18.6 Å². The van der Waals surface area contributed by atoms with Crippen molar-refractivity contribution in [2.24, 2.45) is 5.92 Å². The third-order valence-corrected chi connectivity index (χ3v) is 3.47. The molecule has 0 fully saturated rings. The van der Waals surface area contributed by atoms with Crippen molar-refractivity contribution in [2.75, 3.05) is 20.2 Å². The van der Waals surface area contributed by atoms with Crippen molar-refractivity contribution in [3.63, 3.8) is 0 Å². The Balaban J connectivity index is 2.57. The number of nitrogens with one attached hydrogen (secondary N) is 2. The summed E-state index contributed by atoms with van der Waals surface area (Å²) in [4.78, 5) is 11.8. The second-order valence-corrected chi connectivity index (χ2v) is 5.87. The van der Waals surface area contributed by atoms with Crippen molar-refractivity contribution >= 4 is 5.91 Å². The molecule has 4 nitrogen and oxygen atoms in total. The highest BCUT2D eigenvalue weighted by molar-refractivity contribution is 5.77. The zero-order valence-corrected chi connectivity index (χ0v) is 13.8. The van der Waals surface area contributed by atoms with E-state index in [2.05, 4.69) is 37.5 Å². The van der Waals surface area contributed by atoms with E-state index in [1.807, 2.05) is 26.1 Å². The van der Waals surface area contributed by atoms with Gasteiger partial charge < -0.3 is 15.4 Å². The van der Waals surface area contributed by atoms with Crippen LogP contribution in [0.25, 0.3) is 0 Å². The molecule has 1 rings (SSSR count). The van der Waals surface area contributed by atoms with Crippen molar-refractivity contribution in [3.05, 3.63) is 29.3 Å². The van der Waals surface area contributed by atoms with Crippen LogP contribution in [0.3, 0.4) is 0 Å². The molecule has 0 spiro atoms. The van der Waals surface area contributed by atoms with Gasteiger partial charge in [0.2, 0.25) is 0 Å². The van der Waals surface area contributed by atoms with Crippen LogP contribution in [0.1, 0.15) is 44.4 Å². The summed E-state index contributed by atoms with van der Waals surface area (Å²) in [7, 11) is 1.91. The molecule has 0 heterocycles. The van der Waals surface area contributed by atoms with Crippen molar-refractivity contribution < 1.29 is 9.53 Å². The molecular weight excluding hydrogens is 264 g/mol. The zero-order valence-electron chi connectivity index (χ0n) is 13.8. The number of aryl methyl sites for hydroxylation is 1. The molecule has 2 N–H and O–H groups in total. The molecule has 1 aromatic rings. The first-order chi connectivity index (χ1) is 9.93. The Kier molecular flexibility index (Phi) is 7.23. The summed E-state index contributed by atoms with van der Waals surface area (Å²) in [5, 5.41) is 6.08. The quantitative estimate of drug-likeness (QED) is 0.774. The molecule has 21 heavy (non-hydrogen) atoms. The predicted molar refractivity (Wildman–Crippen MR) is 86.6 cm³/mol. The number of carbonyl (C=O) groups excluding carboxylic acids is 1. The molecule has 0 saturated carbocycles. The lowest BCUT2D eigenvalue weighted by Gasteiger charge is -2.17. The van der Waals surface area contributed by atoms with Gasteiger partial charge in [-0.05, 0) is 44.9 Å². The van der Waals surface area contributed by atoms with Crippen LogP contribution in [-0.2, 0) is 4.79 Å². The fourth-order valence-corrected chi connectivity index (χ4v) is 1.97. The van der Waals surface area contributed by atoms with Gasteiger partial charge in [-0.2, -0.15) is 0 Å². The average Bonchev–Trinajstić information content (AvgIpc) is 2.44. The highest BCUT2D eigenvalue weighted by Crippen LogP contribution is 2.26. The maximum Gasteiger partial charge on any atom is 0.257 e. The Morgan fingerprint density at radius 3 is 2.62 bits per heavy atom. The van der Waals surface area contributed by atoms with Crippen LogP contribution in [0.5, 0.6) is 5.75 Å². The lowest BCUT2D eigenvalue weighted by atomic mass is 10.1. The summed E-state index contributed by atoms with van der Waals surface area (Å²) in [6.07, 6.45) is 0.984. The Hall–Kier alpha value is -1.55. The summed E-state index contributed by atoms with van der Waals surface area (Å²) in [5.41, 5.74) is 2.19. The Labute approximate surface area is 128 Å². The van der Waals surface area contributed by atoms with E-state index in [4.69, 9.17) is 4.74 Å². The molecule has 4 heteroatoms. The van der Waals surface area contributed by atoms with E-state index in [9.17, 15) is 4.79 Å². The third-order valence-electron chi connectivity index (χ3n) is 3.47. The second kappa shape index (κ2) is 8.67. The monoisotopic (exact) mass is 292 g/mol. The lowest BCUT2D eigenvalue weighted by Crippen LogP contribution is -2.30. The van der Waals surface area contributed by atoms with Gasteiger partial charge in [-0.3, -0.25) is 4.79 Å². The maximum absolute atomic E-state index is 11.8. The topological polar surface area (TPSA) is 50.4 Å². The van der Waals surface area contributed by atoms with Gasteiger partial charge in [0.05, 0.1) is 0 Å². The van der Waals surface area contributed by atoms with E-state index in [0.29, 0.717) is 12.5 Å². The molecule has 1 amide bonds. The van der Waals surface area contributed by atoms with E-state index in [1.54, 1.807) is 0 Å². The van der Waals surface area contributed by atoms with Crippen molar-refractivity contribution in [3.8, 4) is 5.75 Å². The highest BCUT2D eigenvalue weighted by atomic mass is 16.5. The van der Waals surface area contributed by atoms with Crippen LogP contribution >= 0.6 is 0 Å². The van der Waals surface area contributed by atoms with Gasteiger partial charge >= 0.3 is 0 Å². The third kappa shape index (κ3) is 6.17. The molecule has 0 radical (unpaired) electrons. The van der Waals surface area contributed by atoms with Gasteiger partial charge in [0.1, 0.15) is 5.75 Å². The van der Waals surface area contributed by atoms with Gasteiger partial charge in [0.25, 0.3) is 5.91 Å². The Morgan fingerprint density at radius 2 is 2.00 bits per heavy atom. The molecule has 1 unspecified atom stereocenters. The molecular formula is C17H28N2O2. The zero-order chi connectivity index (χ0) is 15.8. The Bertz CT molecular complexity index is 458. The highest BCUT2D eigenvalue weighted by Gasteiger charge is 2.11. The van der Waals surface area contributed by atoms with Crippen LogP contribution in [0.15, 0.2) is 18.2 Å². The second-order valence-electron chi connectivity index (χ2n) is 5.87. The molecule has 1 atom stereocenters. The number of hydrogen-bond acceptors (Lipinski definition) is 3. The standard InChI is InChI=1S/C17H28N2O2/c1-12(2)8-9-19-17(20)11-21-16-10-13(3)6-7-15(16)14(4)18-5/h6-7,10,12,14,18H,8-9,11H2,1-5H3,(H,19,20). The van der Waals surface area contributed by atoms with Gasteiger partial charge in [0, 0.05) is 18.2 Å². The summed E-state index contributed by atoms with van der Waals surface area (Å²) < 4.78 is 5.71. The predicted octanol–water partition coefficient (Wildman–Crippen LogP) is 2.82. The summed E-state index contributed by atoms with van der Waals surface area (Å²) in [5.74, 6) is 1.29. The minimum atomic E-state index is -0.0692. The minimum absolute atomic E-state index is 0.0605. The van der Waals surface area contributed by atoms with E-state index >= 15 is 0 Å². The van der Waals surface area contributed by atoms with E-state index < -0.39 is 0 Å². The van der Waals surface area contributed by atoms with Gasteiger partial charge in [-0.25, -0.2) is 0 Å². The first kappa shape index (κ1) is 17.5. The number of ether oxygens (including phenoxy) is 1. The molecule has 0 saturated heterocycles. The minimum Gasteiger partial charge on any atom is -0.483 e. The Morgan fingerprint density at radius 1 is 1.29 bits per heavy atom. The SMILES string of the molecule is CNC(C)c1ccc(C)cc1OCC(=O)NCCC(C)C. The maximum atomic E-state index is 11.8. The van der Waals surface area contributed by atoms with Crippen molar-refractivity contribution in [1.82, 2.24) is 10.6 Å². The first-order valence-corrected chi connectivity index (χ1v) is 7.61. The normalized spacial score (nSPS) is 12.3. The molecule has 0 aliphatic rings. The van der Waals surface area contributed by atoms with Gasteiger partial charge in [-0.15, -0.1) is 0 Å². The van der Waals surface area contributed by atoms with Crippen LogP contribution < -0.4 is 15.4 Å². The molecule has 1 aromatic carbocycles. The molecule has 0 aliphatic carbocycles. The van der Waals surface area contributed by atoms with Crippen molar-refractivity contribution in [2.45, 2.75) is 40.2 Å². The van der Waals surface area contributed by atoms with Crippen LogP contribution in [-0.4, -0.2) is 26.1 Å². The largest absolute Gasteiger partial charge is 0.483 e. The number of hydrogen-bond donors (Lipinski definition) is 2. The summed E-state index contributed by atoms with van der Waals surface area (Å²) >= 11 is 0. The lowest BCUT2D eigenvalue weighted by molar-refractivity contribution is -0.123. The average molecular weight is 292 g/mol. The number of rotatable bonds is 8. The van der Waals surface area contributed by atoms with Crippen LogP contribution in [0.4, 0.5) is 0 Å². The van der Waals surface area contributed by atoms with Crippen LogP contribution in [0, 0.1) is 12.8 Å². The molecule has 0 bridgehead atoms. The van der Waals surface area contributed by atoms with Crippen molar-refractivity contribution in [1.29, 1.82) is 0 Å². The van der Waals surface area contributed by atoms with E-state index in [1.165, 1.54) is 0 Å². The number of benzene rings is 1. The first-order valence-electron chi connectivity index (χ1n) is 7.61. The molecule has 0 aliphatic heterocycles. The van der Waals surface area contributed by atoms with Gasteiger partial charge in [0.15, 0.2) is 6.61 Å². The summed E-state index contributed by atoms with van der Waals surface area (Å²) in [6.45, 7) is 9.13. The summed E-state index contributed by atoms with van der Waals surface area (Å²) in [6, 6.07) is 6.26. The number of carbonyl (C=O) groups is 1. The fourth-order valence-electron chi connectivity index (χ4n) is 1.97. The molecule has 118 valence electrons.